The van der Waals surface area contributed by atoms with E-state index < -0.39 is 0 Å². The molecule has 0 amide bonds. The van der Waals surface area contributed by atoms with Crippen molar-refractivity contribution in [3.8, 4) is 0 Å². The molecule has 16 heavy (non-hydrogen) atoms. The molecule has 0 aromatic heterocycles. The van der Waals surface area contributed by atoms with Gasteiger partial charge in [0, 0.05) is 25.2 Å². The molecule has 2 N–H and O–H groups in total. The van der Waals surface area contributed by atoms with E-state index in [0.717, 1.165) is 19.0 Å². The van der Waals surface area contributed by atoms with Crippen LogP contribution in [-0.2, 0) is 0 Å². The molecule has 0 aromatic rings. The van der Waals surface area contributed by atoms with Gasteiger partial charge in [-0.3, -0.25) is 4.90 Å². The lowest BCUT2D eigenvalue weighted by Crippen LogP contribution is -2.50. The second-order valence-corrected chi connectivity index (χ2v) is 5.56. The van der Waals surface area contributed by atoms with Crippen LogP contribution >= 0.6 is 0 Å². The molecule has 0 spiro atoms. The van der Waals surface area contributed by atoms with E-state index in [-0.39, 0.29) is 0 Å². The zero-order chi connectivity index (χ0) is 12.7. The minimum absolute atomic E-state index is 0.553. The van der Waals surface area contributed by atoms with Crippen molar-refractivity contribution in [2.24, 2.45) is 17.6 Å². The molecule has 2 nitrogen and oxygen atoms in total. The summed E-state index contributed by atoms with van der Waals surface area (Å²) in [5, 5.41) is 0. The number of nitrogens with zero attached hydrogens (tertiary/aromatic N) is 1. The van der Waals surface area contributed by atoms with Gasteiger partial charge in [-0.15, -0.1) is 0 Å². The number of rotatable bonds is 8. The highest BCUT2D eigenvalue weighted by atomic mass is 15.2. The summed E-state index contributed by atoms with van der Waals surface area (Å²) in [5.41, 5.74) is 6.00. The summed E-state index contributed by atoms with van der Waals surface area (Å²) in [7, 11) is 0. The molecule has 1 unspecified atom stereocenters. The van der Waals surface area contributed by atoms with Crippen LogP contribution in [0.15, 0.2) is 0 Å². The Bertz CT molecular complexity index is 162. The van der Waals surface area contributed by atoms with E-state index in [9.17, 15) is 0 Å². The van der Waals surface area contributed by atoms with Gasteiger partial charge in [-0.25, -0.2) is 0 Å². The van der Waals surface area contributed by atoms with Crippen LogP contribution in [-0.4, -0.2) is 30.1 Å². The Hall–Kier alpha value is -0.0800. The van der Waals surface area contributed by atoms with Crippen LogP contribution in [0.1, 0.15) is 54.4 Å². The minimum Gasteiger partial charge on any atom is -0.329 e. The molecule has 0 aromatic carbocycles. The van der Waals surface area contributed by atoms with Crippen molar-refractivity contribution in [2.75, 3.05) is 13.1 Å². The monoisotopic (exact) mass is 228 g/mol. The standard InChI is InChI=1S/C14H32N2/c1-7-13(8-2)14(9-15)16(12(5)6)10-11(3)4/h11-14H,7-10,15H2,1-6H3. The van der Waals surface area contributed by atoms with E-state index in [1.807, 2.05) is 0 Å². The quantitative estimate of drug-likeness (QED) is 0.691. The topological polar surface area (TPSA) is 29.3 Å². The van der Waals surface area contributed by atoms with Crippen LogP contribution in [0, 0.1) is 11.8 Å². The van der Waals surface area contributed by atoms with Crippen LogP contribution in [0.2, 0.25) is 0 Å². The molecule has 0 saturated heterocycles. The third kappa shape index (κ3) is 4.84. The van der Waals surface area contributed by atoms with Crippen molar-refractivity contribution in [3.63, 3.8) is 0 Å². The summed E-state index contributed by atoms with van der Waals surface area (Å²) in [4.78, 5) is 2.60. The van der Waals surface area contributed by atoms with E-state index in [0.29, 0.717) is 18.0 Å². The van der Waals surface area contributed by atoms with Gasteiger partial charge in [-0.1, -0.05) is 40.5 Å². The summed E-state index contributed by atoms with van der Waals surface area (Å²) in [6.45, 7) is 15.7. The summed E-state index contributed by atoms with van der Waals surface area (Å²) >= 11 is 0. The molecule has 1 atom stereocenters. The summed E-state index contributed by atoms with van der Waals surface area (Å²) in [6.07, 6.45) is 2.47. The first-order valence-corrected chi connectivity index (χ1v) is 6.93. The average molecular weight is 228 g/mol. The lowest BCUT2D eigenvalue weighted by Gasteiger charge is -2.39. The van der Waals surface area contributed by atoms with Crippen LogP contribution in [0.5, 0.6) is 0 Å². The molecule has 2 heteroatoms. The predicted octanol–water partition coefficient (Wildman–Crippen LogP) is 3.12. The van der Waals surface area contributed by atoms with Crippen LogP contribution in [0.3, 0.4) is 0 Å². The maximum atomic E-state index is 6.00. The summed E-state index contributed by atoms with van der Waals surface area (Å²) < 4.78 is 0. The fourth-order valence-electron chi connectivity index (χ4n) is 2.58. The third-order valence-electron chi connectivity index (χ3n) is 3.50. The molecule has 0 aliphatic heterocycles. The second kappa shape index (κ2) is 8.08. The van der Waals surface area contributed by atoms with E-state index in [4.69, 9.17) is 5.73 Å². The zero-order valence-corrected chi connectivity index (χ0v) is 12.2. The fourth-order valence-corrected chi connectivity index (χ4v) is 2.58. The van der Waals surface area contributed by atoms with Crippen LogP contribution in [0.4, 0.5) is 0 Å². The van der Waals surface area contributed by atoms with E-state index in [1.54, 1.807) is 0 Å². The molecule has 0 aliphatic rings. The third-order valence-corrected chi connectivity index (χ3v) is 3.50. The van der Waals surface area contributed by atoms with Gasteiger partial charge >= 0.3 is 0 Å². The van der Waals surface area contributed by atoms with Gasteiger partial charge in [0.2, 0.25) is 0 Å². The zero-order valence-electron chi connectivity index (χ0n) is 12.2. The Labute approximate surface area is 103 Å². The molecule has 98 valence electrons. The largest absolute Gasteiger partial charge is 0.329 e. The smallest absolute Gasteiger partial charge is 0.0249 e. The van der Waals surface area contributed by atoms with Gasteiger partial charge in [0.15, 0.2) is 0 Å². The molecule has 0 rings (SSSR count). The number of hydrogen-bond acceptors (Lipinski definition) is 2. The van der Waals surface area contributed by atoms with Gasteiger partial charge in [0.1, 0.15) is 0 Å². The molecule has 0 heterocycles. The van der Waals surface area contributed by atoms with Gasteiger partial charge in [0.25, 0.3) is 0 Å². The fraction of sp³-hybridized carbons (Fsp3) is 1.00. The Morgan fingerprint density at radius 2 is 1.50 bits per heavy atom. The van der Waals surface area contributed by atoms with Gasteiger partial charge in [-0.2, -0.15) is 0 Å². The van der Waals surface area contributed by atoms with Crippen molar-refractivity contribution in [3.05, 3.63) is 0 Å². The van der Waals surface area contributed by atoms with Crippen molar-refractivity contribution in [1.82, 2.24) is 4.90 Å². The van der Waals surface area contributed by atoms with E-state index in [2.05, 4.69) is 46.4 Å². The minimum atomic E-state index is 0.553. The summed E-state index contributed by atoms with van der Waals surface area (Å²) in [6, 6.07) is 1.15. The Kier molecular flexibility index (Phi) is 8.04. The van der Waals surface area contributed by atoms with Gasteiger partial charge < -0.3 is 5.73 Å². The highest BCUT2D eigenvalue weighted by Crippen LogP contribution is 2.21. The maximum absolute atomic E-state index is 6.00. The van der Waals surface area contributed by atoms with Crippen LogP contribution < -0.4 is 5.73 Å². The Morgan fingerprint density at radius 3 is 1.75 bits per heavy atom. The van der Waals surface area contributed by atoms with E-state index >= 15 is 0 Å². The van der Waals surface area contributed by atoms with Crippen molar-refractivity contribution in [1.29, 1.82) is 0 Å². The summed E-state index contributed by atoms with van der Waals surface area (Å²) in [5.74, 6) is 1.46. The first kappa shape index (κ1) is 15.9. The predicted molar refractivity (Wildman–Crippen MR) is 73.6 cm³/mol. The lowest BCUT2D eigenvalue weighted by atomic mass is 9.91. The van der Waals surface area contributed by atoms with Gasteiger partial charge in [-0.05, 0) is 25.7 Å². The molecule has 0 radical (unpaired) electrons. The number of nitrogens with two attached hydrogens (primary N) is 1. The molecular weight excluding hydrogens is 196 g/mol. The van der Waals surface area contributed by atoms with Crippen molar-refractivity contribution in [2.45, 2.75) is 66.5 Å². The van der Waals surface area contributed by atoms with Crippen molar-refractivity contribution < 1.29 is 0 Å². The molecule has 0 bridgehead atoms. The normalized spacial score (nSPS) is 14.4. The maximum Gasteiger partial charge on any atom is 0.0249 e. The molecule has 0 aliphatic carbocycles. The molecule has 0 saturated carbocycles. The highest BCUT2D eigenvalue weighted by Gasteiger charge is 2.26. The molecule has 0 fully saturated rings. The second-order valence-electron chi connectivity index (χ2n) is 5.56. The average Bonchev–Trinajstić information content (AvgIpc) is 2.22. The van der Waals surface area contributed by atoms with E-state index in [1.165, 1.54) is 12.8 Å². The molecular formula is C14H32N2. The first-order valence-electron chi connectivity index (χ1n) is 6.93. The number of hydrogen-bond donors (Lipinski definition) is 1. The van der Waals surface area contributed by atoms with Crippen LogP contribution in [0.25, 0.3) is 0 Å². The Balaban J connectivity index is 4.68. The SMILES string of the molecule is CCC(CC)C(CN)N(CC(C)C)C(C)C. The highest BCUT2D eigenvalue weighted by molar-refractivity contribution is 4.81. The first-order chi connectivity index (χ1) is 7.47. The van der Waals surface area contributed by atoms with Crippen molar-refractivity contribution >= 4 is 0 Å². The lowest BCUT2D eigenvalue weighted by molar-refractivity contribution is 0.0928. The Morgan fingerprint density at radius 1 is 1.00 bits per heavy atom. The van der Waals surface area contributed by atoms with Gasteiger partial charge in [0.05, 0.1) is 0 Å².